The van der Waals surface area contributed by atoms with Crippen molar-refractivity contribution in [3.63, 3.8) is 0 Å². The van der Waals surface area contributed by atoms with E-state index in [4.69, 9.17) is 0 Å². The number of rotatable bonds is 3. The van der Waals surface area contributed by atoms with E-state index in [0.717, 1.165) is 0 Å². The minimum absolute atomic E-state index is 0.00246. The van der Waals surface area contributed by atoms with Gasteiger partial charge in [0.1, 0.15) is 0 Å². The first-order valence-corrected chi connectivity index (χ1v) is 16.4. The van der Waals surface area contributed by atoms with Crippen molar-refractivity contribution in [3.8, 4) is 55.6 Å². The van der Waals surface area contributed by atoms with Crippen LogP contribution in [0.4, 0.5) is 0 Å². The Bertz CT molecular complexity index is 2350. The van der Waals surface area contributed by atoms with Gasteiger partial charge in [-0.1, -0.05) is 143 Å². The third kappa shape index (κ3) is 3.93. The average Bonchev–Trinajstić information content (AvgIpc) is 3.47. The van der Waals surface area contributed by atoms with Crippen LogP contribution in [0.5, 0.6) is 0 Å². The van der Waals surface area contributed by atoms with E-state index in [1.54, 1.807) is 0 Å². The second-order valence-corrected chi connectivity index (χ2v) is 14.2. The summed E-state index contributed by atoms with van der Waals surface area (Å²) in [6.07, 6.45) is 0. The zero-order chi connectivity index (χ0) is 31.2. The summed E-state index contributed by atoms with van der Waals surface area (Å²) in [5, 5.41) is 2.54. The molecule has 0 N–H and O–H groups in total. The molecule has 9 rings (SSSR count). The number of hydrogen-bond acceptors (Lipinski definition) is 0. The lowest BCUT2D eigenvalue weighted by Gasteiger charge is -2.23. The molecule has 0 amide bonds. The molecule has 0 fully saturated rings. The minimum Gasteiger partial charge on any atom is -0.0622 e. The SMILES string of the molecule is CC1(C)c2ccccc2-c2ccc(-c3ccc4c(c3)C(C)(C)c3cc(-c5ccc6cc(-c7ccccc7)ccc6c5)ccc3-4)cc21. The molecule has 0 atom stereocenters. The van der Waals surface area contributed by atoms with Crippen molar-refractivity contribution < 1.29 is 0 Å². The summed E-state index contributed by atoms with van der Waals surface area (Å²) in [5.41, 5.74) is 18.6. The molecule has 0 unspecified atom stereocenters. The van der Waals surface area contributed by atoms with Crippen LogP contribution in [0.1, 0.15) is 49.9 Å². The molecule has 0 nitrogen and oxygen atoms in total. The lowest BCUT2D eigenvalue weighted by Crippen LogP contribution is -2.15. The van der Waals surface area contributed by atoms with Crippen molar-refractivity contribution in [3.05, 3.63) is 168 Å². The summed E-state index contributed by atoms with van der Waals surface area (Å²) in [4.78, 5) is 0. The molecule has 0 saturated heterocycles. The van der Waals surface area contributed by atoms with Gasteiger partial charge in [-0.25, -0.2) is 0 Å². The highest BCUT2D eigenvalue weighted by Gasteiger charge is 2.37. The Balaban J connectivity index is 1.07. The molecule has 220 valence electrons. The van der Waals surface area contributed by atoms with E-state index in [2.05, 4.69) is 173 Å². The summed E-state index contributed by atoms with van der Waals surface area (Å²) in [6.45, 7) is 9.50. The van der Waals surface area contributed by atoms with Crippen LogP contribution in [0.2, 0.25) is 0 Å². The van der Waals surface area contributed by atoms with Crippen molar-refractivity contribution in [2.45, 2.75) is 38.5 Å². The van der Waals surface area contributed by atoms with E-state index >= 15 is 0 Å². The van der Waals surface area contributed by atoms with Crippen molar-refractivity contribution in [1.29, 1.82) is 0 Å². The Hall–Kier alpha value is -5.20. The van der Waals surface area contributed by atoms with E-state index in [1.807, 2.05) is 0 Å². The lowest BCUT2D eigenvalue weighted by atomic mass is 9.80. The van der Waals surface area contributed by atoms with Crippen LogP contribution >= 0.6 is 0 Å². The highest BCUT2D eigenvalue weighted by Crippen LogP contribution is 2.52. The quantitative estimate of drug-likeness (QED) is 0.193. The predicted molar refractivity (Wildman–Crippen MR) is 195 cm³/mol. The van der Waals surface area contributed by atoms with Crippen LogP contribution in [-0.4, -0.2) is 0 Å². The lowest BCUT2D eigenvalue weighted by molar-refractivity contribution is 0.659. The molecule has 7 aromatic rings. The van der Waals surface area contributed by atoms with Crippen LogP contribution < -0.4 is 0 Å². The summed E-state index contributed by atoms with van der Waals surface area (Å²) in [7, 11) is 0. The molecular formula is C46H36. The van der Waals surface area contributed by atoms with Gasteiger partial charge in [-0.05, 0) is 119 Å². The van der Waals surface area contributed by atoms with E-state index < -0.39 is 0 Å². The predicted octanol–water partition coefficient (Wildman–Crippen LogP) is 12.5. The second kappa shape index (κ2) is 9.65. The Kier molecular flexibility index (Phi) is 5.69. The van der Waals surface area contributed by atoms with Gasteiger partial charge in [-0.15, -0.1) is 0 Å². The monoisotopic (exact) mass is 588 g/mol. The molecule has 0 aromatic heterocycles. The summed E-state index contributed by atoms with van der Waals surface area (Å²) >= 11 is 0. The number of hydrogen-bond donors (Lipinski definition) is 0. The Morgan fingerprint density at radius 3 is 1.17 bits per heavy atom. The van der Waals surface area contributed by atoms with Gasteiger partial charge in [-0.2, -0.15) is 0 Å². The van der Waals surface area contributed by atoms with Gasteiger partial charge in [0, 0.05) is 10.8 Å². The van der Waals surface area contributed by atoms with Crippen LogP contribution in [0.3, 0.4) is 0 Å². The van der Waals surface area contributed by atoms with Gasteiger partial charge in [-0.3, -0.25) is 0 Å². The van der Waals surface area contributed by atoms with Crippen molar-refractivity contribution in [2.75, 3.05) is 0 Å². The molecule has 0 bridgehead atoms. The Labute approximate surface area is 272 Å². The maximum Gasteiger partial charge on any atom is 0.0159 e. The zero-order valence-electron chi connectivity index (χ0n) is 26.9. The van der Waals surface area contributed by atoms with Crippen LogP contribution in [0, 0.1) is 0 Å². The summed E-state index contributed by atoms with van der Waals surface area (Å²) in [6, 6.07) is 54.5. The molecule has 7 aromatic carbocycles. The summed E-state index contributed by atoms with van der Waals surface area (Å²) < 4.78 is 0. The van der Waals surface area contributed by atoms with Gasteiger partial charge in [0.25, 0.3) is 0 Å². The zero-order valence-corrected chi connectivity index (χ0v) is 26.9. The first-order chi connectivity index (χ1) is 22.3. The fourth-order valence-corrected chi connectivity index (χ4v) is 8.22. The van der Waals surface area contributed by atoms with Gasteiger partial charge < -0.3 is 0 Å². The number of benzene rings is 7. The topological polar surface area (TPSA) is 0 Å². The summed E-state index contributed by atoms with van der Waals surface area (Å²) in [5.74, 6) is 0. The second-order valence-electron chi connectivity index (χ2n) is 14.2. The van der Waals surface area contributed by atoms with Crippen molar-refractivity contribution in [1.82, 2.24) is 0 Å². The highest BCUT2D eigenvalue weighted by molar-refractivity contribution is 5.92. The Morgan fingerprint density at radius 2 is 0.652 bits per heavy atom. The van der Waals surface area contributed by atoms with Crippen molar-refractivity contribution in [2.24, 2.45) is 0 Å². The normalized spacial score (nSPS) is 14.9. The fraction of sp³-hybridized carbons (Fsp3) is 0.130. The van der Waals surface area contributed by atoms with Crippen LogP contribution in [-0.2, 0) is 10.8 Å². The van der Waals surface area contributed by atoms with Crippen molar-refractivity contribution >= 4 is 10.8 Å². The first-order valence-electron chi connectivity index (χ1n) is 16.4. The third-order valence-corrected chi connectivity index (χ3v) is 10.9. The van der Waals surface area contributed by atoms with Gasteiger partial charge in [0.15, 0.2) is 0 Å². The van der Waals surface area contributed by atoms with E-state index in [0.29, 0.717) is 0 Å². The van der Waals surface area contributed by atoms with E-state index in [9.17, 15) is 0 Å². The molecule has 46 heavy (non-hydrogen) atoms. The molecule has 2 aliphatic rings. The molecule has 0 saturated carbocycles. The average molecular weight is 589 g/mol. The fourth-order valence-electron chi connectivity index (χ4n) is 8.22. The molecular weight excluding hydrogens is 553 g/mol. The van der Waals surface area contributed by atoms with Gasteiger partial charge in [0.05, 0.1) is 0 Å². The van der Waals surface area contributed by atoms with E-state index in [-0.39, 0.29) is 10.8 Å². The molecule has 0 heteroatoms. The largest absolute Gasteiger partial charge is 0.0622 e. The third-order valence-electron chi connectivity index (χ3n) is 10.9. The maximum absolute atomic E-state index is 2.45. The standard InChI is InChI=1S/C46H36/c1-45(2)41-13-9-8-12-37(41)38-21-19-35(27-42(38)45)36-20-23-40-39-22-18-34(26-43(39)46(3,4)44(40)28-36)33-17-16-31-24-30(14-15-32(31)25-33)29-10-6-5-7-11-29/h5-28H,1-4H3. The van der Waals surface area contributed by atoms with Gasteiger partial charge >= 0.3 is 0 Å². The molecule has 0 radical (unpaired) electrons. The van der Waals surface area contributed by atoms with Crippen LogP contribution in [0.25, 0.3) is 66.4 Å². The van der Waals surface area contributed by atoms with E-state index in [1.165, 1.54) is 88.7 Å². The van der Waals surface area contributed by atoms with Crippen LogP contribution in [0.15, 0.2) is 146 Å². The maximum atomic E-state index is 2.45. The molecule has 0 spiro atoms. The van der Waals surface area contributed by atoms with Gasteiger partial charge in [0.2, 0.25) is 0 Å². The minimum atomic E-state index is -0.0929. The highest BCUT2D eigenvalue weighted by atomic mass is 14.4. The molecule has 0 heterocycles. The first kappa shape index (κ1) is 27.1. The Morgan fingerprint density at radius 1 is 0.283 bits per heavy atom. The smallest absolute Gasteiger partial charge is 0.0159 e. The molecule has 0 aliphatic heterocycles. The molecule has 2 aliphatic carbocycles. The number of fused-ring (bicyclic) bond motifs is 7.